The molecule has 1 aromatic carbocycles. The quantitative estimate of drug-likeness (QED) is 0.530. The molecule has 0 radical (unpaired) electrons. The number of methoxy groups -OCH3 is 1. The number of amides is 2. The minimum absolute atomic E-state index is 0.0950. The van der Waals surface area contributed by atoms with E-state index < -0.39 is 0 Å². The van der Waals surface area contributed by atoms with E-state index in [2.05, 4.69) is 21.9 Å². The van der Waals surface area contributed by atoms with Crippen LogP contribution in [0.2, 0.25) is 0 Å². The van der Waals surface area contributed by atoms with Crippen molar-refractivity contribution in [2.75, 3.05) is 30.8 Å². The van der Waals surface area contributed by atoms with Crippen LogP contribution in [0.25, 0.3) is 0 Å². The van der Waals surface area contributed by atoms with Crippen molar-refractivity contribution in [1.82, 2.24) is 5.32 Å². The summed E-state index contributed by atoms with van der Waals surface area (Å²) in [4.78, 5) is 22.7. The summed E-state index contributed by atoms with van der Waals surface area (Å²) < 4.78 is 5.15. The molecular formula is C14H17N3O3. The number of carbonyl (C=O) groups excluding carboxylic acids is 2. The molecule has 6 heteroatoms. The molecule has 6 nitrogen and oxygen atoms in total. The highest BCUT2D eigenvalue weighted by Crippen LogP contribution is 2.27. The number of hydrogen-bond donors (Lipinski definition) is 3. The third kappa shape index (κ3) is 5.00. The largest absolute Gasteiger partial charge is 0.495 e. The highest BCUT2D eigenvalue weighted by atomic mass is 16.5. The van der Waals surface area contributed by atoms with Gasteiger partial charge in [0.2, 0.25) is 11.8 Å². The lowest BCUT2D eigenvalue weighted by Gasteiger charge is -2.12. The average Bonchev–Trinajstić information content (AvgIpc) is 2.38. The van der Waals surface area contributed by atoms with E-state index in [1.165, 1.54) is 14.0 Å². The molecule has 106 valence electrons. The van der Waals surface area contributed by atoms with Gasteiger partial charge >= 0.3 is 0 Å². The number of nitrogens with one attached hydrogen (secondary N) is 3. The monoisotopic (exact) mass is 275 g/mol. The van der Waals surface area contributed by atoms with Gasteiger partial charge < -0.3 is 15.4 Å². The molecule has 0 saturated heterocycles. The van der Waals surface area contributed by atoms with Crippen molar-refractivity contribution in [3.8, 4) is 18.1 Å². The average molecular weight is 275 g/mol. The van der Waals surface area contributed by atoms with Gasteiger partial charge in [-0.05, 0) is 18.2 Å². The molecule has 3 N–H and O–H groups in total. The van der Waals surface area contributed by atoms with Gasteiger partial charge in [0.1, 0.15) is 5.75 Å². The van der Waals surface area contributed by atoms with Gasteiger partial charge in [-0.3, -0.25) is 14.9 Å². The second kappa shape index (κ2) is 7.81. The van der Waals surface area contributed by atoms with Crippen molar-refractivity contribution in [1.29, 1.82) is 0 Å². The topological polar surface area (TPSA) is 79.5 Å². The van der Waals surface area contributed by atoms with Crippen LogP contribution in [0.5, 0.6) is 5.75 Å². The van der Waals surface area contributed by atoms with Gasteiger partial charge in [0.05, 0.1) is 25.9 Å². The molecule has 0 aliphatic rings. The smallest absolute Gasteiger partial charge is 0.238 e. The van der Waals surface area contributed by atoms with Gasteiger partial charge in [0, 0.05) is 12.6 Å². The fourth-order valence-corrected chi connectivity index (χ4v) is 1.53. The van der Waals surface area contributed by atoms with E-state index in [-0.39, 0.29) is 18.4 Å². The van der Waals surface area contributed by atoms with Crippen LogP contribution < -0.4 is 20.7 Å². The third-order valence-electron chi connectivity index (χ3n) is 2.31. The zero-order chi connectivity index (χ0) is 15.0. The lowest BCUT2D eigenvalue weighted by molar-refractivity contribution is -0.115. The molecule has 0 fully saturated rings. The molecule has 0 aliphatic heterocycles. The molecule has 1 aromatic rings. The van der Waals surface area contributed by atoms with Crippen molar-refractivity contribution in [2.45, 2.75) is 6.92 Å². The molecule has 0 unspecified atom stereocenters. The van der Waals surface area contributed by atoms with Crippen LogP contribution in [-0.4, -0.2) is 32.0 Å². The lowest BCUT2D eigenvalue weighted by atomic mass is 10.2. The summed E-state index contributed by atoms with van der Waals surface area (Å²) in [5, 5.41) is 8.10. The highest BCUT2D eigenvalue weighted by Gasteiger charge is 2.09. The van der Waals surface area contributed by atoms with Gasteiger partial charge in [-0.1, -0.05) is 5.92 Å². The van der Waals surface area contributed by atoms with E-state index in [0.29, 0.717) is 23.7 Å². The molecule has 0 spiro atoms. The molecule has 2 amide bonds. The minimum atomic E-state index is -0.251. The number of terminal acetylenes is 1. The summed E-state index contributed by atoms with van der Waals surface area (Å²) in [5.74, 6) is 2.44. The Bertz CT molecular complexity index is 535. The fraction of sp³-hybridized carbons (Fsp3) is 0.286. The predicted molar refractivity (Wildman–Crippen MR) is 77.6 cm³/mol. The SMILES string of the molecule is C#CCNCC(=O)Nc1cc(NC(C)=O)ccc1OC. The van der Waals surface area contributed by atoms with Crippen molar-refractivity contribution in [3.63, 3.8) is 0 Å². The second-order valence-electron chi connectivity index (χ2n) is 3.95. The number of carbonyl (C=O) groups is 2. The summed E-state index contributed by atoms with van der Waals surface area (Å²) in [6, 6.07) is 4.97. The van der Waals surface area contributed by atoms with E-state index in [0.717, 1.165) is 0 Å². The maximum Gasteiger partial charge on any atom is 0.238 e. The molecule has 0 heterocycles. The van der Waals surface area contributed by atoms with Crippen LogP contribution in [0.15, 0.2) is 18.2 Å². The van der Waals surface area contributed by atoms with Crippen LogP contribution in [0, 0.1) is 12.3 Å². The van der Waals surface area contributed by atoms with Crippen LogP contribution in [-0.2, 0) is 9.59 Å². The Morgan fingerprint density at radius 1 is 1.35 bits per heavy atom. The van der Waals surface area contributed by atoms with Gasteiger partial charge in [0.15, 0.2) is 0 Å². The number of rotatable bonds is 6. The van der Waals surface area contributed by atoms with Gasteiger partial charge in [0.25, 0.3) is 0 Å². The van der Waals surface area contributed by atoms with Crippen LogP contribution in [0.4, 0.5) is 11.4 Å². The number of ether oxygens (including phenoxy) is 1. The van der Waals surface area contributed by atoms with E-state index in [9.17, 15) is 9.59 Å². The van der Waals surface area contributed by atoms with Gasteiger partial charge in [-0.15, -0.1) is 6.42 Å². The summed E-state index contributed by atoms with van der Waals surface area (Å²) in [5.41, 5.74) is 1.05. The van der Waals surface area contributed by atoms with E-state index >= 15 is 0 Å². The highest BCUT2D eigenvalue weighted by molar-refractivity contribution is 5.95. The standard InChI is InChI=1S/C14H17N3O3/c1-4-7-15-9-14(19)17-12-8-11(16-10(2)18)5-6-13(12)20-3/h1,5-6,8,15H,7,9H2,2-3H3,(H,16,18)(H,17,19). The maximum absolute atomic E-state index is 11.7. The Kier molecular flexibility index (Phi) is 6.07. The fourth-order valence-electron chi connectivity index (χ4n) is 1.53. The Morgan fingerprint density at radius 2 is 2.10 bits per heavy atom. The lowest BCUT2D eigenvalue weighted by Crippen LogP contribution is -2.28. The van der Waals surface area contributed by atoms with Gasteiger partial charge in [-0.2, -0.15) is 0 Å². The van der Waals surface area contributed by atoms with Gasteiger partial charge in [-0.25, -0.2) is 0 Å². The van der Waals surface area contributed by atoms with E-state index in [1.54, 1.807) is 18.2 Å². The Hall–Kier alpha value is -2.52. The first-order valence-corrected chi connectivity index (χ1v) is 5.96. The zero-order valence-corrected chi connectivity index (χ0v) is 11.4. The van der Waals surface area contributed by atoms with Crippen LogP contribution in [0.3, 0.4) is 0 Å². The van der Waals surface area contributed by atoms with E-state index in [1.807, 2.05) is 0 Å². The van der Waals surface area contributed by atoms with E-state index in [4.69, 9.17) is 11.2 Å². The Morgan fingerprint density at radius 3 is 2.70 bits per heavy atom. The predicted octanol–water partition coefficient (Wildman–Crippen LogP) is 0.815. The minimum Gasteiger partial charge on any atom is -0.495 e. The Balaban J connectivity index is 2.78. The summed E-state index contributed by atoms with van der Waals surface area (Å²) in [6.45, 7) is 1.82. The maximum atomic E-state index is 11.7. The van der Waals surface area contributed by atoms with Crippen LogP contribution in [0.1, 0.15) is 6.92 Å². The summed E-state index contributed by atoms with van der Waals surface area (Å²) in [6.07, 6.45) is 5.07. The molecule has 0 aromatic heterocycles. The molecule has 0 bridgehead atoms. The first kappa shape index (κ1) is 15.5. The summed E-state index contributed by atoms with van der Waals surface area (Å²) >= 11 is 0. The first-order valence-electron chi connectivity index (χ1n) is 5.96. The zero-order valence-electron chi connectivity index (χ0n) is 11.4. The summed E-state index contributed by atoms with van der Waals surface area (Å²) in [7, 11) is 1.50. The van der Waals surface area contributed by atoms with Crippen molar-refractivity contribution in [2.24, 2.45) is 0 Å². The van der Waals surface area contributed by atoms with Crippen molar-refractivity contribution < 1.29 is 14.3 Å². The number of benzene rings is 1. The first-order chi connectivity index (χ1) is 9.56. The van der Waals surface area contributed by atoms with Crippen LogP contribution >= 0.6 is 0 Å². The molecule has 0 aliphatic carbocycles. The molecular weight excluding hydrogens is 258 g/mol. The molecule has 0 saturated carbocycles. The number of anilines is 2. The molecule has 0 atom stereocenters. The van der Waals surface area contributed by atoms with Crippen molar-refractivity contribution in [3.05, 3.63) is 18.2 Å². The van der Waals surface area contributed by atoms with Crippen molar-refractivity contribution >= 4 is 23.2 Å². The second-order valence-corrected chi connectivity index (χ2v) is 3.95. The number of hydrogen-bond acceptors (Lipinski definition) is 4. The molecule has 1 rings (SSSR count). The normalized spacial score (nSPS) is 9.45. The molecule has 20 heavy (non-hydrogen) atoms. The third-order valence-corrected chi connectivity index (χ3v) is 2.31. The Labute approximate surface area is 117 Å².